The second-order valence-corrected chi connectivity index (χ2v) is 8.15. The van der Waals surface area contributed by atoms with Gasteiger partial charge in [-0.1, -0.05) is 18.2 Å². The SMILES string of the molecule is CNC(=S)NCC1=C(N2Cc3ccccc3C2=O)c2cc(C#N)ccc2OC1(C)C. The fourth-order valence-electron chi connectivity index (χ4n) is 3.95. The van der Waals surface area contributed by atoms with E-state index in [-0.39, 0.29) is 5.91 Å². The van der Waals surface area contributed by atoms with Crippen LogP contribution in [0.25, 0.3) is 5.70 Å². The van der Waals surface area contributed by atoms with Crippen molar-refractivity contribution in [3.05, 3.63) is 70.3 Å². The Morgan fingerprint density at radius 3 is 2.73 bits per heavy atom. The first-order valence-electron chi connectivity index (χ1n) is 9.68. The Morgan fingerprint density at radius 1 is 1.27 bits per heavy atom. The summed E-state index contributed by atoms with van der Waals surface area (Å²) in [5.74, 6) is 0.595. The molecule has 2 heterocycles. The summed E-state index contributed by atoms with van der Waals surface area (Å²) in [5, 5.41) is 16.0. The Balaban J connectivity index is 1.90. The first-order chi connectivity index (χ1) is 14.4. The molecule has 7 heteroatoms. The van der Waals surface area contributed by atoms with Crippen LogP contribution in [0.5, 0.6) is 5.75 Å². The van der Waals surface area contributed by atoms with E-state index < -0.39 is 5.60 Å². The Hall–Kier alpha value is -3.37. The second-order valence-electron chi connectivity index (χ2n) is 7.74. The summed E-state index contributed by atoms with van der Waals surface area (Å²) in [7, 11) is 1.75. The van der Waals surface area contributed by atoms with Crippen LogP contribution in [-0.4, -0.2) is 35.1 Å². The minimum atomic E-state index is -0.679. The molecule has 152 valence electrons. The number of nitrogens with one attached hydrogen (secondary N) is 2. The van der Waals surface area contributed by atoms with Gasteiger partial charge in [0.2, 0.25) is 0 Å². The van der Waals surface area contributed by atoms with E-state index in [2.05, 4.69) is 16.7 Å². The molecule has 0 atom stereocenters. The number of nitrogens with zero attached hydrogens (tertiary/aromatic N) is 2. The molecule has 0 spiro atoms. The Labute approximate surface area is 181 Å². The summed E-state index contributed by atoms with van der Waals surface area (Å²) in [5.41, 5.74) is 3.91. The van der Waals surface area contributed by atoms with E-state index in [9.17, 15) is 10.1 Å². The highest BCUT2D eigenvalue weighted by Crippen LogP contribution is 2.44. The van der Waals surface area contributed by atoms with Gasteiger partial charge in [0, 0.05) is 30.3 Å². The highest BCUT2D eigenvalue weighted by atomic mass is 32.1. The van der Waals surface area contributed by atoms with E-state index in [1.807, 2.05) is 38.1 Å². The van der Waals surface area contributed by atoms with Crippen molar-refractivity contribution >= 4 is 28.9 Å². The third-order valence-electron chi connectivity index (χ3n) is 5.49. The van der Waals surface area contributed by atoms with E-state index in [1.54, 1.807) is 30.1 Å². The number of hydrogen-bond acceptors (Lipinski definition) is 4. The lowest BCUT2D eigenvalue weighted by atomic mass is 9.88. The zero-order valence-corrected chi connectivity index (χ0v) is 17.9. The molecule has 0 aromatic heterocycles. The molecule has 2 N–H and O–H groups in total. The van der Waals surface area contributed by atoms with E-state index in [4.69, 9.17) is 17.0 Å². The zero-order valence-electron chi connectivity index (χ0n) is 17.1. The van der Waals surface area contributed by atoms with Crippen molar-refractivity contribution < 1.29 is 9.53 Å². The first kappa shape index (κ1) is 19.9. The van der Waals surface area contributed by atoms with Crippen molar-refractivity contribution in [2.24, 2.45) is 0 Å². The largest absolute Gasteiger partial charge is 0.483 e. The Bertz CT molecular complexity index is 1130. The summed E-state index contributed by atoms with van der Waals surface area (Å²) >= 11 is 5.26. The highest BCUT2D eigenvalue weighted by Gasteiger charge is 2.41. The average Bonchev–Trinajstić information content (AvgIpc) is 3.07. The van der Waals surface area contributed by atoms with Crippen molar-refractivity contribution in [2.45, 2.75) is 26.0 Å². The van der Waals surface area contributed by atoms with Crippen LogP contribution in [0.15, 0.2) is 48.0 Å². The summed E-state index contributed by atoms with van der Waals surface area (Å²) < 4.78 is 6.29. The third-order valence-corrected chi connectivity index (χ3v) is 5.83. The minimum Gasteiger partial charge on any atom is -0.483 e. The second kappa shape index (κ2) is 7.47. The molecule has 0 saturated carbocycles. The smallest absolute Gasteiger partial charge is 0.258 e. The molecule has 0 fully saturated rings. The van der Waals surface area contributed by atoms with Gasteiger partial charge in [-0.15, -0.1) is 0 Å². The topological polar surface area (TPSA) is 77.4 Å². The molecular formula is C23H22N4O2S. The van der Waals surface area contributed by atoms with Crippen molar-refractivity contribution in [1.29, 1.82) is 5.26 Å². The van der Waals surface area contributed by atoms with Gasteiger partial charge in [0.15, 0.2) is 5.11 Å². The molecule has 1 amide bonds. The molecule has 0 saturated heterocycles. The molecule has 6 nitrogen and oxygen atoms in total. The van der Waals surface area contributed by atoms with E-state index in [1.165, 1.54) is 0 Å². The quantitative estimate of drug-likeness (QED) is 0.746. The van der Waals surface area contributed by atoms with E-state index >= 15 is 0 Å². The number of carbonyl (C=O) groups excluding carboxylic acids is 1. The molecule has 4 rings (SSSR count). The van der Waals surface area contributed by atoms with Crippen molar-refractivity contribution in [3.8, 4) is 11.8 Å². The summed E-state index contributed by atoms with van der Waals surface area (Å²) in [6.45, 7) is 4.82. The van der Waals surface area contributed by atoms with Gasteiger partial charge in [0.05, 0.1) is 23.9 Å². The standard InChI is InChI=1S/C23H22N4O2S/c1-23(2)18(12-26-22(30)25-3)20(17-10-14(11-24)8-9-19(17)29-23)27-13-15-6-4-5-7-16(15)21(27)28/h4-10H,12-13H2,1-3H3,(H2,25,26,30). The van der Waals surface area contributed by atoms with Crippen molar-refractivity contribution in [2.75, 3.05) is 13.6 Å². The van der Waals surface area contributed by atoms with E-state index in [0.29, 0.717) is 35.1 Å². The molecular weight excluding hydrogens is 396 g/mol. The lowest BCUT2D eigenvalue weighted by Gasteiger charge is -2.39. The fourth-order valence-corrected chi connectivity index (χ4v) is 4.03. The number of amides is 1. The lowest BCUT2D eigenvalue weighted by molar-refractivity contribution is 0.0843. The number of hydrogen-bond donors (Lipinski definition) is 2. The number of thiocarbonyl (C=S) groups is 1. The Kier molecular flexibility index (Phi) is 4.96. The van der Waals surface area contributed by atoms with Gasteiger partial charge >= 0.3 is 0 Å². The van der Waals surface area contributed by atoms with Crippen LogP contribution < -0.4 is 15.4 Å². The van der Waals surface area contributed by atoms with E-state index in [0.717, 1.165) is 22.4 Å². The van der Waals surface area contributed by atoms with Gasteiger partial charge in [0.25, 0.3) is 5.91 Å². The number of ether oxygens (including phenoxy) is 1. The van der Waals surface area contributed by atoms with Crippen LogP contribution in [0.1, 0.15) is 40.9 Å². The normalized spacial score (nSPS) is 16.3. The number of benzene rings is 2. The highest BCUT2D eigenvalue weighted by molar-refractivity contribution is 7.80. The molecule has 0 bridgehead atoms. The van der Waals surface area contributed by atoms with Gasteiger partial charge in [-0.2, -0.15) is 5.26 Å². The van der Waals surface area contributed by atoms with Crippen LogP contribution in [-0.2, 0) is 6.54 Å². The summed E-state index contributed by atoms with van der Waals surface area (Å²) in [4.78, 5) is 15.1. The maximum Gasteiger partial charge on any atom is 0.258 e. The van der Waals surface area contributed by atoms with Gasteiger partial charge in [-0.25, -0.2) is 0 Å². The molecule has 2 aromatic rings. The van der Waals surface area contributed by atoms with Crippen LogP contribution in [0.2, 0.25) is 0 Å². The lowest BCUT2D eigenvalue weighted by Crippen LogP contribution is -2.44. The van der Waals surface area contributed by atoms with Crippen LogP contribution >= 0.6 is 12.2 Å². The minimum absolute atomic E-state index is 0.0553. The molecule has 2 aliphatic heterocycles. The Morgan fingerprint density at radius 2 is 2.03 bits per heavy atom. The summed E-state index contributed by atoms with van der Waals surface area (Å²) in [6, 6.07) is 15.1. The molecule has 30 heavy (non-hydrogen) atoms. The maximum absolute atomic E-state index is 13.3. The van der Waals surface area contributed by atoms with Gasteiger partial charge in [0.1, 0.15) is 11.4 Å². The van der Waals surface area contributed by atoms with Crippen LogP contribution in [0.4, 0.5) is 0 Å². The molecule has 2 aromatic carbocycles. The molecule has 0 radical (unpaired) electrons. The maximum atomic E-state index is 13.3. The number of fused-ring (bicyclic) bond motifs is 2. The van der Waals surface area contributed by atoms with Gasteiger partial charge in [-0.05, 0) is 55.9 Å². The molecule has 2 aliphatic rings. The van der Waals surface area contributed by atoms with Gasteiger partial charge < -0.3 is 20.3 Å². The predicted octanol–water partition coefficient (Wildman–Crippen LogP) is 3.19. The van der Waals surface area contributed by atoms with Crippen molar-refractivity contribution in [1.82, 2.24) is 15.5 Å². The number of rotatable bonds is 3. The third kappa shape index (κ3) is 3.29. The zero-order chi connectivity index (χ0) is 21.5. The molecule has 0 aliphatic carbocycles. The predicted molar refractivity (Wildman–Crippen MR) is 119 cm³/mol. The molecule has 0 unspecified atom stereocenters. The van der Waals surface area contributed by atoms with Gasteiger partial charge in [-0.3, -0.25) is 4.79 Å². The number of nitriles is 1. The van der Waals surface area contributed by atoms with Crippen LogP contribution in [0.3, 0.4) is 0 Å². The average molecular weight is 419 g/mol. The van der Waals surface area contributed by atoms with Crippen LogP contribution in [0, 0.1) is 11.3 Å². The number of carbonyl (C=O) groups is 1. The monoisotopic (exact) mass is 418 g/mol. The first-order valence-corrected chi connectivity index (χ1v) is 10.1. The summed E-state index contributed by atoms with van der Waals surface area (Å²) in [6.07, 6.45) is 0. The fraction of sp³-hybridized carbons (Fsp3) is 0.261. The van der Waals surface area contributed by atoms with Crippen molar-refractivity contribution in [3.63, 3.8) is 0 Å².